The SMILES string of the molecule is Cc1ccoc1C(=O)NCC1CCN(Cc2nc(C(C)C)cs2)C1. The smallest absolute Gasteiger partial charge is 0.287 e. The van der Waals surface area contributed by atoms with Gasteiger partial charge in [-0.15, -0.1) is 11.3 Å². The van der Waals surface area contributed by atoms with Gasteiger partial charge >= 0.3 is 0 Å². The van der Waals surface area contributed by atoms with Gasteiger partial charge < -0.3 is 9.73 Å². The number of amides is 1. The van der Waals surface area contributed by atoms with Crippen molar-refractivity contribution in [3.05, 3.63) is 39.7 Å². The highest BCUT2D eigenvalue weighted by molar-refractivity contribution is 7.09. The minimum absolute atomic E-state index is 0.113. The third-order valence-corrected chi connectivity index (χ3v) is 5.36. The molecule has 1 fully saturated rings. The number of rotatable bonds is 6. The Hall–Kier alpha value is -1.66. The number of furan rings is 1. The predicted molar refractivity (Wildman–Crippen MR) is 95.4 cm³/mol. The first-order chi connectivity index (χ1) is 11.5. The number of hydrogen-bond donors (Lipinski definition) is 1. The van der Waals surface area contributed by atoms with Gasteiger partial charge in [0.1, 0.15) is 5.01 Å². The Labute approximate surface area is 147 Å². The zero-order valence-electron chi connectivity index (χ0n) is 14.5. The largest absolute Gasteiger partial charge is 0.459 e. The fourth-order valence-electron chi connectivity index (χ4n) is 3.00. The highest BCUT2D eigenvalue weighted by atomic mass is 32.1. The van der Waals surface area contributed by atoms with E-state index in [1.165, 1.54) is 10.7 Å². The molecule has 0 bridgehead atoms. The van der Waals surface area contributed by atoms with E-state index >= 15 is 0 Å². The minimum atomic E-state index is -0.113. The molecule has 0 saturated carbocycles. The Bertz CT molecular complexity index is 692. The molecule has 5 nitrogen and oxygen atoms in total. The number of nitrogens with one attached hydrogen (secondary N) is 1. The molecule has 24 heavy (non-hydrogen) atoms. The van der Waals surface area contributed by atoms with Crippen molar-refractivity contribution in [2.75, 3.05) is 19.6 Å². The maximum absolute atomic E-state index is 12.1. The fraction of sp³-hybridized carbons (Fsp3) is 0.556. The summed E-state index contributed by atoms with van der Waals surface area (Å²) in [5.41, 5.74) is 2.07. The molecule has 1 aliphatic rings. The second kappa shape index (κ2) is 7.49. The number of carbonyl (C=O) groups excluding carboxylic acids is 1. The third-order valence-electron chi connectivity index (χ3n) is 4.51. The second-order valence-corrected chi connectivity index (χ2v) is 7.80. The topological polar surface area (TPSA) is 58.4 Å². The first-order valence-electron chi connectivity index (χ1n) is 8.52. The molecule has 1 atom stereocenters. The van der Waals surface area contributed by atoms with Crippen molar-refractivity contribution in [2.24, 2.45) is 5.92 Å². The fourth-order valence-corrected chi connectivity index (χ4v) is 4.00. The van der Waals surface area contributed by atoms with E-state index in [1.807, 2.05) is 13.0 Å². The molecule has 3 rings (SSSR count). The lowest BCUT2D eigenvalue weighted by Crippen LogP contribution is -2.31. The molecular formula is C18H25N3O2S. The van der Waals surface area contributed by atoms with Crippen molar-refractivity contribution in [1.82, 2.24) is 15.2 Å². The number of hydrogen-bond acceptors (Lipinski definition) is 5. The zero-order chi connectivity index (χ0) is 17.1. The van der Waals surface area contributed by atoms with E-state index in [9.17, 15) is 4.79 Å². The van der Waals surface area contributed by atoms with E-state index in [0.717, 1.165) is 31.6 Å². The van der Waals surface area contributed by atoms with Crippen molar-refractivity contribution in [3.63, 3.8) is 0 Å². The number of thiazole rings is 1. The zero-order valence-corrected chi connectivity index (χ0v) is 15.4. The number of aromatic nitrogens is 1. The van der Waals surface area contributed by atoms with Crippen molar-refractivity contribution in [3.8, 4) is 0 Å². The van der Waals surface area contributed by atoms with Gasteiger partial charge in [-0.1, -0.05) is 13.8 Å². The Morgan fingerprint density at radius 1 is 1.54 bits per heavy atom. The van der Waals surface area contributed by atoms with Crippen molar-refractivity contribution in [1.29, 1.82) is 0 Å². The summed E-state index contributed by atoms with van der Waals surface area (Å²) >= 11 is 1.75. The van der Waals surface area contributed by atoms with Crippen LogP contribution < -0.4 is 5.32 Å². The van der Waals surface area contributed by atoms with E-state index in [-0.39, 0.29) is 5.91 Å². The van der Waals surface area contributed by atoms with Gasteiger partial charge in [0.25, 0.3) is 5.91 Å². The highest BCUT2D eigenvalue weighted by Crippen LogP contribution is 2.22. The molecule has 2 aromatic heterocycles. The summed E-state index contributed by atoms with van der Waals surface area (Å²) in [5, 5.41) is 6.35. The number of nitrogens with zero attached hydrogens (tertiary/aromatic N) is 2. The van der Waals surface area contributed by atoms with Crippen molar-refractivity contribution in [2.45, 2.75) is 39.7 Å². The molecule has 1 unspecified atom stereocenters. The first kappa shape index (κ1) is 17.2. The summed E-state index contributed by atoms with van der Waals surface area (Å²) in [6.45, 7) is 9.92. The van der Waals surface area contributed by atoms with Crippen LogP contribution in [-0.2, 0) is 6.54 Å². The minimum Gasteiger partial charge on any atom is -0.459 e. The molecule has 0 aromatic carbocycles. The van der Waals surface area contributed by atoms with Gasteiger partial charge in [-0.05, 0) is 37.8 Å². The van der Waals surface area contributed by atoms with Crippen LogP contribution in [0, 0.1) is 12.8 Å². The molecule has 130 valence electrons. The lowest BCUT2D eigenvalue weighted by atomic mass is 10.1. The molecule has 2 aromatic rings. The summed E-state index contributed by atoms with van der Waals surface area (Å²) in [7, 11) is 0. The Morgan fingerprint density at radius 3 is 3.04 bits per heavy atom. The van der Waals surface area contributed by atoms with E-state index < -0.39 is 0 Å². The van der Waals surface area contributed by atoms with Gasteiger partial charge in [-0.25, -0.2) is 4.98 Å². The number of aryl methyl sites for hydroxylation is 1. The van der Waals surface area contributed by atoms with Crippen LogP contribution in [0.2, 0.25) is 0 Å². The Morgan fingerprint density at radius 2 is 2.38 bits per heavy atom. The summed E-state index contributed by atoms with van der Waals surface area (Å²) in [6, 6.07) is 1.81. The van der Waals surface area contributed by atoms with Crippen LogP contribution >= 0.6 is 11.3 Å². The Balaban J connectivity index is 1.45. The highest BCUT2D eigenvalue weighted by Gasteiger charge is 2.24. The number of carbonyl (C=O) groups is 1. The lowest BCUT2D eigenvalue weighted by Gasteiger charge is -2.14. The average molecular weight is 347 g/mol. The van der Waals surface area contributed by atoms with Crippen LogP contribution in [0.25, 0.3) is 0 Å². The lowest BCUT2D eigenvalue weighted by molar-refractivity contribution is 0.0918. The summed E-state index contributed by atoms with van der Waals surface area (Å²) in [5.74, 6) is 1.29. The van der Waals surface area contributed by atoms with Crippen LogP contribution in [0.4, 0.5) is 0 Å². The molecule has 1 saturated heterocycles. The molecule has 0 spiro atoms. The normalized spacial score (nSPS) is 18.4. The summed E-state index contributed by atoms with van der Waals surface area (Å²) < 4.78 is 5.23. The number of likely N-dealkylation sites (tertiary alicyclic amines) is 1. The standard InChI is InChI=1S/C18H25N3O2S/c1-12(2)15-11-24-16(20-15)10-21-6-4-14(9-21)8-19-18(22)17-13(3)5-7-23-17/h5,7,11-12,14H,4,6,8-10H2,1-3H3,(H,19,22). The summed E-state index contributed by atoms with van der Waals surface area (Å²) in [4.78, 5) is 19.2. The van der Waals surface area contributed by atoms with Gasteiger partial charge in [0.2, 0.25) is 0 Å². The monoisotopic (exact) mass is 347 g/mol. The maximum atomic E-state index is 12.1. The van der Waals surface area contributed by atoms with Crippen molar-refractivity contribution >= 4 is 17.2 Å². The van der Waals surface area contributed by atoms with Gasteiger partial charge in [0.15, 0.2) is 5.76 Å². The molecule has 0 aliphatic carbocycles. The van der Waals surface area contributed by atoms with Gasteiger partial charge in [0, 0.05) is 24.0 Å². The van der Waals surface area contributed by atoms with Crippen LogP contribution in [-0.4, -0.2) is 35.4 Å². The van der Waals surface area contributed by atoms with Crippen LogP contribution in [0.3, 0.4) is 0 Å². The van der Waals surface area contributed by atoms with Gasteiger partial charge in [-0.2, -0.15) is 0 Å². The molecule has 1 aliphatic heterocycles. The predicted octanol–water partition coefficient (Wildman–Crippen LogP) is 3.42. The van der Waals surface area contributed by atoms with Crippen molar-refractivity contribution < 1.29 is 9.21 Å². The molecule has 3 heterocycles. The molecular weight excluding hydrogens is 322 g/mol. The van der Waals surface area contributed by atoms with E-state index in [1.54, 1.807) is 17.6 Å². The van der Waals surface area contributed by atoms with Crippen LogP contribution in [0.5, 0.6) is 0 Å². The quantitative estimate of drug-likeness (QED) is 0.870. The first-order valence-corrected chi connectivity index (χ1v) is 9.40. The molecule has 1 N–H and O–H groups in total. The summed E-state index contributed by atoms with van der Waals surface area (Å²) in [6.07, 6.45) is 2.67. The third kappa shape index (κ3) is 4.05. The Kier molecular flexibility index (Phi) is 5.36. The second-order valence-electron chi connectivity index (χ2n) is 6.85. The average Bonchev–Trinajstić information content (AvgIpc) is 3.26. The molecule has 1 amide bonds. The van der Waals surface area contributed by atoms with Crippen LogP contribution in [0.1, 0.15) is 53.0 Å². The van der Waals surface area contributed by atoms with Gasteiger partial charge in [-0.3, -0.25) is 9.69 Å². The van der Waals surface area contributed by atoms with E-state index in [4.69, 9.17) is 9.40 Å². The van der Waals surface area contributed by atoms with E-state index in [2.05, 4.69) is 29.4 Å². The molecule has 6 heteroatoms. The molecule has 0 radical (unpaired) electrons. The van der Waals surface area contributed by atoms with Crippen LogP contribution in [0.15, 0.2) is 22.1 Å². The van der Waals surface area contributed by atoms with Gasteiger partial charge in [0.05, 0.1) is 18.5 Å². The maximum Gasteiger partial charge on any atom is 0.287 e. The van der Waals surface area contributed by atoms with E-state index in [0.29, 0.717) is 24.1 Å².